The van der Waals surface area contributed by atoms with Gasteiger partial charge in [-0.1, -0.05) is 6.08 Å². The molecule has 0 spiro atoms. The number of carbonyl (C=O) groups is 2. The molecule has 6 heteroatoms. The number of aliphatic hydroxyl groups excluding tert-OH is 1. The molecule has 2 saturated heterocycles. The van der Waals surface area contributed by atoms with E-state index in [2.05, 4.69) is 11.4 Å². The van der Waals surface area contributed by atoms with Crippen LogP contribution in [0.4, 0.5) is 0 Å². The number of hydrogen-bond acceptors (Lipinski definition) is 4. The Morgan fingerprint density at radius 3 is 2.77 bits per heavy atom. The number of nitrogens with zero attached hydrogens (tertiary/aromatic N) is 1. The predicted molar refractivity (Wildman–Crippen MR) is 79.9 cm³/mol. The van der Waals surface area contributed by atoms with Crippen molar-refractivity contribution in [3.05, 3.63) is 22.9 Å². The highest BCUT2D eigenvalue weighted by Gasteiger charge is 2.56. The topological polar surface area (TPSA) is 89.9 Å². The molecule has 0 aromatic carbocycles. The van der Waals surface area contributed by atoms with E-state index in [0.29, 0.717) is 6.42 Å². The minimum absolute atomic E-state index is 0.0960. The maximum Gasteiger partial charge on any atom is 0.352 e. The largest absolute Gasteiger partial charge is 0.477 e. The van der Waals surface area contributed by atoms with Gasteiger partial charge in [0, 0.05) is 6.04 Å². The number of fused-ring (bicyclic) bond motifs is 1. The summed E-state index contributed by atoms with van der Waals surface area (Å²) in [6, 6.07) is 0.0625. The summed E-state index contributed by atoms with van der Waals surface area (Å²) in [7, 11) is 0. The zero-order valence-corrected chi connectivity index (χ0v) is 12.9. The summed E-state index contributed by atoms with van der Waals surface area (Å²) in [5.74, 6) is -1.83. The van der Waals surface area contributed by atoms with E-state index in [1.165, 1.54) is 4.90 Å². The van der Waals surface area contributed by atoms with E-state index in [4.69, 9.17) is 0 Å². The molecule has 6 nitrogen and oxygen atoms in total. The van der Waals surface area contributed by atoms with Crippen molar-refractivity contribution in [1.29, 1.82) is 0 Å². The van der Waals surface area contributed by atoms with Crippen molar-refractivity contribution >= 4 is 11.9 Å². The van der Waals surface area contributed by atoms with Crippen molar-refractivity contribution in [2.75, 3.05) is 6.54 Å². The van der Waals surface area contributed by atoms with Crippen LogP contribution in [0.2, 0.25) is 0 Å². The highest BCUT2D eigenvalue weighted by atomic mass is 16.4. The molecule has 0 bridgehead atoms. The fourth-order valence-corrected chi connectivity index (χ4v) is 3.88. The standard InChI is InChI=1S/C16H22N2O4/c1-8(6-10-4-3-5-17-10)11-7-12-13(9(2)19)15(20)18(12)14(11)16(21)22/h6,9-10,12-13,17,19H,3-5,7H2,1-2H3,(H,21,22)/b8-6-. The molecule has 3 rings (SSSR count). The van der Waals surface area contributed by atoms with Crippen LogP contribution < -0.4 is 5.32 Å². The van der Waals surface area contributed by atoms with Crippen LogP contribution in [0.5, 0.6) is 0 Å². The molecule has 4 atom stereocenters. The molecule has 0 aliphatic carbocycles. The number of rotatable bonds is 4. The van der Waals surface area contributed by atoms with Gasteiger partial charge in [0.25, 0.3) is 0 Å². The third kappa shape index (κ3) is 2.27. The van der Waals surface area contributed by atoms with Gasteiger partial charge in [-0.15, -0.1) is 0 Å². The fraction of sp³-hybridized carbons (Fsp3) is 0.625. The summed E-state index contributed by atoms with van der Waals surface area (Å²) < 4.78 is 0. The number of amides is 1. The first-order valence-electron chi connectivity index (χ1n) is 7.81. The number of carboxylic acids is 1. The van der Waals surface area contributed by atoms with Crippen LogP contribution >= 0.6 is 0 Å². The van der Waals surface area contributed by atoms with Crippen molar-refractivity contribution in [2.24, 2.45) is 5.92 Å². The van der Waals surface area contributed by atoms with Gasteiger partial charge in [0.2, 0.25) is 5.91 Å². The van der Waals surface area contributed by atoms with Crippen LogP contribution in [0.3, 0.4) is 0 Å². The number of aliphatic carboxylic acids is 1. The van der Waals surface area contributed by atoms with Crippen LogP contribution in [0.1, 0.15) is 33.1 Å². The van der Waals surface area contributed by atoms with Crippen LogP contribution in [0.25, 0.3) is 0 Å². The number of carboxylic acid groups (broad SMARTS) is 1. The van der Waals surface area contributed by atoms with Gasteiger partial charge in [-0.05, 0) is 50.8 Å². The van der Waals surface area contributed by atoms with Gasteiger partial charge in [0.15, 0.2) is 0 Å². The molecule has 0 aromatic rings. The molecule has 0 saturated carbocycles. The summed E-state index contributed by atoms with van der Waals surface area (Å²) in [6.45, 7) is 4.48. The number of aliphatic hydroxyl groups is 1. The van der Waals surface area contributed by atoms with Crippen molar-refractivity contribution < 1.29 is 19.8 Å². The predicted octanol–water partition coefficient (Wildman–Crippen LogP) is 0.635. The van der Waals surface area contributed by atoms with E-state index in [0.717, 1.165) is 30.5 Å². The van der Waals surface area contributed by atoms with Gasteiger partial charge in [-0.25, -0.2) is 4.79 Å². The van der Waals surface area contributed by atoms with Crippen molar-refractivity contribution in [2.45, 2.75) is 51.3 Å². The summed E-state index contributed by atoms with van der Waals surface area (Å²) in [5, 5.41) is 22.6. The number of allylic oxidation sites excluding steroid dienone is 1. The van der Waals surface area contributed by atoms with Gasteiger partial charge in [-0.2, -0.15) is 0 Å². The molecule has 0 aromatic heterocycles. The molecule has 0 radical (unpaired) electrons. The van der Waals surface area contributed by atoms with Gasteiger partial charge in [0.05, 0.1) is 18.1 Å². The second-order valence-corrected chi connectivity index (χ2v) is 6.43. The minimum Gasteiger partial charge on any atom is -0.477 e. The van der Waals surface area contributed by atoms with Gasteiger partial charge in [-0.3, -0.25) is 4.79 Å². The lowest BCUT2D eigenvalue weighted by Crippen LogP contribution is -2.61. The summed E-state index contributed by atoms with van der Waals surface area (Å²) in [6.07, 6.45) is 4.01. The Hall–Kier alpha value is -1.66. The molecule has 1 amide bonds. The second-order valence-electron chi connectivity index (χ2n) is 6.43. The van der Waals surface area contributed by atoms with E-state index >= 15 is 0 Å². The number of hydrogen-bond donors (Lipinski definition) is 3. The highest BCUT2D eigenvalue weighted by molar-refractivity contribution is 6.00. The quantitative estimate of drug-likeness (QED) is 0.663. The molecule has 120 valence electrons. The van der Waals surface area contributed by atoms with Crippen LogP contribution in [0, 0.1) is 5.92 Å². The normalized spacial score (nSPS) is 33.0. The molecule has 2 fully saturated rings. The average Bonchev–Trinajstić information content (AvgIpc) is 3.03. The lowest BCUT2D eigenvalue weighted by Gasteiger charge is -2.44. The Kier molecular flexibility index (Phi) is 3.82. The zero-order chi connectivity index (χ0) is 16.0. The maximum absolute atomic E-state index is 12.1. The van der Waals surface area contributed by atoms with Gasteiger partial charge < -0.3 is 20.4 Å². The molecule has 4 unspecified atom stereocenters. The Balaban J connectivity index is 1.89. The monoisotopic (exact) mass is 306 g/mol. The maximum atomic E-state index is 12.1. The molecule has 3 aliphatic heterocycles. The Labute approximate surface area is 129 Å². The third-order valence-corrected chi connectivity index (χ3v) is 4.96. The number of nitrogens with one attached hydrogen (secondary N) is 1. The number of carbonyl (C=O) groups excluding carboxylic acids is 1. The molecular weight excluding hydrogens is 284 g/mol. The third-order valence-electron chi connectivity index (χ3n) is 4.96. The van der Waals surface area contributed by atoms with Crippen molar-refractivity contribution in [3.63, 3.8) is 0 Å². The first kappa shape index (κ1) is 15.2. The van der Waals surface area contributed by atoms with E-state index in [-0.39, 0.29) is 23.7 Å². The van der Waals surface area contributed by atoms with E-state index in [1.807, 2.05) is 6.92 Å². The summed E-state index contributed by atoms with van der Waals surface area (Å²) in [5.41, 5.74) is 1.74. The Morgan fingerprint density at radius 2 is 2.23 bits per heavy atom. The number of β-lactam (4-membered cyclic amide) rings is 1. The Morgan fingerprint density at radius 1 is 1.50 bits per heavy atom. The second kappa shape index (κ2) is 5.52. The SMILES string of the molecule is C/C(=C/C1CCCN1)C1=C(C(=O)O)N2C(=O)C(C(C)O)C2C1. The lowest BCUT2D eigenvalue weighted by atomic mass is 9.82. The molecule has 22 heavy (non-hydrogen) atoms. The molecule has 3 heterocycles. The average molecular weight is 306 g/mol. The van der Waals surface area contributed by atoms with Crippen molar-refractivity contribution in [3.8, 4) is 0 Å². The van der Waals surface area contributed by atoms with Crippen molar-refractivity contribution in [1.82, 2.24) is 10.2 Å². The first-order chi connectivity index (χ1) is 10.4. The van der Waals surface area contributed by atoms with Gasteiger partial charge >= 0.3 is 5.97 Å². The minimum atomic E-state index is -1.07. The van der Waals surface area contributed by atoms with Crippen LogP contribution in [-0.2, 0) is 9.59 Å². The van der Waals surface area contributed by atoms with E-state index in [1.54, 1.807) is 6.92 Å². The smallest absolute Gasteiger partial charge is 0.352 e. The molecule has 3 N–H and O–H groups in total. The van der Waals surface area contributed by atoms with Crippen LogP contribution in [0.15, 0.2) is 22.9 Å². The fourth-order valence-electron chi connectivity index (χ4n) is 3.88. The van der Waals surface area contributed by atoms with Gasteiger partial charge in [0.1, 0.15) is 5.70 Å². The summed E-state index contributed by atoms with van der Waals surface area (Å²) >= 11 is 0. The summed E-state index contributed by atoms with van der Waals surface area (Å²) in [4.78, 5) is 25.1. The molecule has 3 aliphatic rings. The molecular formula is C16H22N2O4. The van der Waals surface area contributed by atoms with E-state index in [9.17, 15) is 19.8 Å². The highest BCUT2D eigenvalue weighted by Crippen LogP contribution is 2.45. The Bertz CT molecular complexity index is 573. The lowest BCUT2D eigenvalue weighted by molar-refractivity contribution is -0.161. The van der Waals surface area contributed by atoms with Crippen LogP contribution in [-0.4, -0.2) is 51.7 Å². The van der Waals surface area contributed by atoms with E-state index < -0.39 is 18.0 Å². The zero-order valence-electron chi connectivity index (χ0n) is 12.9. The first-order valence-corrected chi connectivity index (χ1v) is 7.81.